The molecule has 624 valence electrons. The van der Waals surface area contributed by atoms with Crippen molar-refractivity contribution < 1.29 is 89.4 Å². The highest BCUT2D eigenvalue weighted by atomic mass is 16.8. The molecule has 0 aromatic carbocycles. The molecule has 0 spiro atoms. The first-order valence-electron chi connectivity index (χ1n) is 43.7. The second kappa shape index (κ2) is 67.7. The number of nitrogens with one attached hydrogen (secondary N) is 1. The molecule has 17 unspecified atom stereocenters. The zero-order chi connectivity index (χ0) is 77.4. The zero-order valence-corrected chi connectivity index (χ0v) is 67.1. The van der Waals surface area contributed by atoms with Gasteiger partial charge in [0.05, 0.1) is 38.6 Å². The van der Waals surface area contributed by atoms with Gasteiger partial charge < -0.3 is 89.9 Å². The second-order valence-electron chi connectivity index (χ2n) is 31.0. The maximum Gasteiger partial charge on any atom is 0.220 e. The van der Waals surface area contributed by atoms with E-state index in [-0.39, 0.29) is 18.9 Å². The van der Waals surface area contributed by atoms with Gasteiger partial charge in [-0.05, 0) is 83.5 Å². The average Bonchev–Trinajstić information content (AvgIpc) is 0.780. The SMILES string of the molecule is CCCCCCC/C=C\C/C=C\C/C=C\CCCCCCCCCCCCCCCCCCC(=O)NC(COC1OC(CO)C(OC2OC(CO)C(OC3OC(CO)C(O)C(O)C3O)C(O)C2O)C(O)C1O)C(O)/C=C/CC/C=C/CC/C=C/CCCCCCCCCCCCCCCCCCCCCCC. The van der Waals surface area contributed by atoms with Crippen LogP contribution in [-0.2, 0) is 33.2 Å². The van der Waals surface area contributed by atoms with Gasteiger partial charge in [-0.3, -0.25) is 4.79 Å². The van der Waals surface area contributed by atoms with Gasteiger partial charge in [0, 0.05) is 6.42 Å². The van der Waals surface area contributed by atoms with Crippen molar-refractivity contribution in [3.8, 4) is 0 Å². The molecule has 17 atom stereocenters. The van der Waals surface area contributed by atoms with E-state index in [4.69, 9.17) is 28.4 Å². The molecule has 0 aromatic rings. The van der Waals surface area contributed by atoms with E-state index in [0.717, 1.165) is 57.8 Å². The van der Waals surface area contributed by atoms with Crippen LogP contribution in [0.2, 0.25) is 0 Å². The lowest BCUT2D eigenvalue weighted by molar-refractivity contribution is -0.379. The number of unbranched alkanes of at least 4 members (excludes halogenated alkanes) is 44. The first kappa shape index (κ1) is 98.4. The van der Waals surface area contributed by atoms with Gasteiger partial charge in [-0.25, -0.2) is 0 Å². The highest BCUT2D eigenvalue weighted by molar-refractivity contribution is 5.76. The largest absolute Gasteiger partial charge is 0.394 e. The van der Waals surface area contributed by atoms with Gasteiger partial charge in [-0.2, -0.15) is 0 Å². The fraction of sp³-hybridized carbons (Fsp3) is 0.852. The first-order valence-corrected chi connectivity index (χ1v) is 43.7. The van der Waals surface area contributed by atoms with Gasteiger partial charge in [-0.15, -0.1) is 0 Å². The molecule has 3 saturated heterocycles. The molecule has 12 N–H and O–H groups in total. The normalized spacial score (nSPS) is 25.9. The van der Waals surface area contributed by atoms with Crippen LogP contribution >= 0.6 is 0 Å². The molecule has 3 rings (SSSR count). The van der Waals surface area contributed by atoms with Gasteiger partial charge in [0.25, 0.3) is 0 Å². The number of allylic oxidation sites excluding steroid dienone is 11. The third-order valence-corrected chi connectivity index (χ3v) is 21.5. The van der Waals surface area contributed by atoms with Crippen molar-refractivity contribution in [1.82, 2.24) is 5.32 Å². The van der Waals surface area contributed by atoms with E-state index in [2.05, 4.69) is 79.9 Å². The van der Waals surface area contributed by atoms with Crippen molar-refractivity contribution in [3.05, 3.63) is 72.9 Å². The van der Waals surface area contributed by atoms with Crippen LogP contribution in [0.4, 0.5) is 0 Å². The molecule has 3 aliphatic heterocycles. The molecule has 3 fully saturated rings. The summed E-state index contributed by atoms with van der Waals surface area (Å²) in [6, 6.07) is -1.00. The van der Waals surface area contributed by atoms with Crippen molar-refractivity contribution in [2.24, 2.45) is 0 Å². The summed E-state index contributed by atoms with van der Waals surface area (Å²) < 4.78 is 34.5. The molecule has 0 aliphatic carbocycles. The molecular weight excluding hydrogens is 1360 g/mol. The van der Waals surface area contributed by atoms with Crippen molar-refractivity contribution in [3.63, 3.8) is 0 Å². The molecule has 19 heteroatoms. The molecule has 107 heavy (non-hydrogen) atoms. The number of carbonyl (C=O) groups excluding carboxylic acids is 1. The lowest BCUT2D eigenvalue weighted by Gasteiger charge is -2.48. The Morgan fingerprint density at radius 3 is 1.00 bits per heavy atom. The third kappa shape index (κ3) is 46.9. The smallest absolute Gasteiger partial charge is 0.220 e. The number of aliphatic hydroxyl groups excluding tert-OH is 11. The monoisotopic (exact) mass is 1520 g/mol. The number of ether oxygens (including phenoxy) is 6. The molecular formula is C88H159NO18. The zero-order valence-electron chi connectivity index (χ0n) is 67.1. The Morgan fingerprint density at radius 1 is 0.336 bits per heavy atom. The van der Waals surface area contributed by atoms with Crippen LogP contribution in [0.25, 0.3) is 0 Å². The summed E-state index contributed by atoms with van der Waals surface area (Å²) in [5, 5.41) is 121. The van der Waals surface area contributed by atoms with E-state index in [9.17, 15) is 61.0 Å². The van der Waals surface area contributed by atoms with Gasteiger partial charge in [0.2, 0.25) is 5.91 Å². The van der Waals surface area contributed by atoms with E-state index in [1.165, 1.54) is 257 Å². The number of amides is 1. The number of rotatable bonds is 70. The van der Waals surface area contributed by atoms with Crippen LogP contribution in [0.15, 0.2) is 72.9 Å². The minimum Gasteiger partial charge on any atom is -0.394 e. The van der Waals surface area contributed by atoms with Gasteiger partial charge in [0.1, 0.15) is 73.2 Å². The van der Waals surface area contributed by atoms with Crippen LogP contribution in [-0.4, -0.2) is 193 Å². The third-order valence-electron chi connectivity index (χ3n) is 21.5. The maximum absolute atomic E-state index is 13.5. The lowest BCUT2D eigenvalue weighted by atomic mass is 9.96. The summed E-state index contributed by atoms with van der Waals surface area (Å²) in [4.78, 5) is 13.5. The fourth-order valence-corrected chi connectivity index (χ4v) is 14.5. The predicted molar refractivity (Wildman–Crippen MR) is 429 cm³/mol. The number of hydrogen-bond acceptors (Lipinski definition) is 18. The molecule has 3 heterocycles. The van der Waals surface area contributed by atoms with Crippen LogP contribution in [0.3, 0.4) is 0 Å². The van der Waals surface area contributed by atoms with Crippen molar-refractivity contribution in [2.45, 2.75) is 452 Å². The Bertz CT molecular complexity index is 2210. The Morgan fingerprint density at radius 2 is 0.626 bits per heavy atom. The van der Waals surface area contributed by atoms with E-state index in [1.54, 1.807) is 6.08 Å². The Hall–Kier alpha value is -2.77. The van der Waals surface area contributed by atoms with E-state index >= 15 is 0 Å². The summed E-state index contributed by atoms with van der Waals surface area (Å²) >= 11 is 0. The molecule has 3 aliphatic rings. The van der Waals surface area contributed by atoms with E-state index in [0.29, 0.717) is 12.8 Å². The van der Waals surface area contributed by atoms with Crippen molar-refractivity contribution >= 4 is 5.91 Å². The summed E-state index contributed by atoms with van der Waals surface area (Å²) in [6.07, 6.45) is 63.3. The van der Waals surface area contributed by atoms with Gasteiger partial charge >= 0.3 is 0 Å². The predicted octanol–water partition coefficient (Wildman–Crippen LogP) is 16.0. The van der Waals surface area contributed by atoms with Crippen LogP contribution in [0.5, 0.6) is 0 Å². The summed E-state index contributed by atoms with van der Waals surface area (Å²) in [7, 11) is 0. The minimum absolute atomic E-state index is 0.230. The Labute approximate surface area is 648 Å². The molecule has 19 nitrogen and oxygen atoms in total. The molecule has 0 bridgehead atoms. The highest BCUT2D eigenvalue weighted by Gasteiger charge is 2.54. The Balaban J connectivity index is 1.36. The summed E-state index contributed by atoms with van der Waals surface area (Å²) in [5.74, 6) is -0.287. The second-order valence-corrected chi connectivity index (χ2v) is 31.0. The fourth-order valence-electron chi connectivity index (χ4n) is 14.5. The molecule has 0 radical (unpaired) electrons. The van der Waals surface area contributed by atoms with Crippen LogP contribution < -0.4 is 5.32 Å². The number of hydrogen-bond donors (Lipinski definition) is 12. The standard InChI is InChI=1S/C88H159NO18/c1-3-5-7-9-11-13-15-17-19-21-23-25-27-29-31-33-35-37-39-41-43-45-47-49-51-53-55-57-59-61-63-65-72(93)71(89-76(94)66-64-62-60-58-56-54-52-50-48-46-44-42-40-38-36-34-32-30-28-26-24-22-20-18-16-14-12-10-8-6-4-2)70-102-86-82(100)79(97)84(74(68-91)104-86)107-88-83(101)80(98)85(75(69-92)105-88)106-87-81(99)78(96)77(95)73(67-90)103-87/h16,18,22,24,28,30,47,49,55,57,63,65,71-75,77-88,90-93,95-101H,3-15,17,19-21,23,25-27,29,31-46,48,50-54,56,58-62,64,66-70H2,1-2H3,(H,89,94)/b18-16-,24-22-,30-28-,49-47+,57-55+,65-63+. The van der Waals surface area contributed by atoms with Gasteiger partial charge in [-0.1, -0.05) is 331 Å². The summed E-state index contributed by atoms with van der Waals surface area (Å²) in [6.45, 7) is 1.74. The minimum atomic E-state index is -1.99. The quantitative estimate of drug-likeness (QED) is 0.0199. The molecule has 1 amide bonds. The average molecular weight is 1520 g/mol. The van der Waals surface area contributed by atoms with Crippen LogP contribution in [0.1, 0.15) is 348 Å². The first-order chi connectivity index (χ1) is 52.3. The van der Waals surface area contributed by atoms with E-state index < -0.39 is 124 Å². The molecule has 0 saturated carbocycles. The van der Waals surface area contributed by atoms with Crippen molar-refractivity contribution in [1.29, 1.82) is 0 Å². The lowest BCUT2D eigenvalue weighted by Crippen LogP contribution is -2.66. The van der Waals surface area contributed by atoms with E-state index in [1.807, 2.05) is 6.08 Å². The highest BCUT2D eigenvalue weighted by Crippen LogP contribution is 2.33. The summed E-state index contributed by atoms with van der Waals surface area (Å²) in [5.41, 5.74) is 0. The van der Waals surface area contributed by atoms with Crippen molar-refractivity contribution in [2.75, 3.05) is 26.4 Å². The van der Waals surface area contributed by atoms with Gasteiger partial charge in [0.15, 0.2) is 18.9 Å². The topological polar surface area (TPSA) is 307 Å². The maximum atomic E-state index is 13.5. The van der Waals surface area contributed by atoms with Crippen LogP contribution in [0, 0.1) is 0 Å². The Kier molecular flexibility index (Phi) is 62.3. The number of carbonyl (C=O) groups is 1. The number of aliphatic hydroxyl groups is 11. The molecule has 0 aromatic heterocycles.